The summed E-state index contributed by atoms with van der Waals surface area (Å²) < 4.78 is 0. The van der Waals surface area contributed by atoms with Crippen molar-refractivity contribution in [2.75, 3.05) is 46.3 Å². The van der Waals surface area contributed by atoms with E-state index in [9.17, 15) is 0 Å². The van der Waals surface area contributed by atoms with Gasteiger partial charge < -0.3 is 10.2 Å². The van der Waals surface area contributed by atoms with Crippen LogP contribution in [-0.4, -0.2) is 62.2 Å². The number of likely N-dealkylation sites (N-methyl/N-ethyl adjacent to an activating group) is 1. The van der Waals surface area contributed by atoms with Crippen molar-refractivity contribution in [3.8, 4) is 0 Å². The van der Waals surface area contributed by atoms with Crippen molar-refractivity contribution in [1.82, 2.24) is 15.1 Å². The van der Waals surface area contributed by atoms with Gasteiger partial charge in [-0.3, -0.25) is 4.90 Å². The van der Waals surface area contributed by atoms with Gasteiger partial charge in [0.05, 0.1) is 0 Å². The van der Waals surface area contributed by atoms with Crippen LogP contribution in [0, 0.1) is 0 Å². The molecule has 1 aliphatic carbocycles. The lowest BCUT2D eigenvalue weighted by Gasteiger charge is -2.31. The minimum atomic E-state index is 0.882. The molecule has 2 rings (SSSR count). The number of hydrogen-bond acceptors (Lipinski definition) is 3. The molecule has 0 radical (unpaired) electrons. The van der Waals surface area contributed by atoms with Crippen molar-refractivity contribution in [1.29, 1.82) is 0 Å². The Balaban J connectivity index is 1.63. The van der Waals surface area contributed by atoms with Crippen LogP contribution in [0.15, 0.2) is 0 Å². The summed E-state index contributed by atoms with van der Waals surface area (Å²) in [5, 5.41) is 3.40. The van der Waals surface area contributed by atoms with Gasteiger partial charge in [-0.15, -0.1) is 0 Å². The molecule has 1 saturated carbocycles. The monoisotopic (exact) mass is 211 g/mol. The number of hydrogen-bond donors (Lipinski definition) is 1. The Labute approximate surface area is 93.8 Å². The third-order valence-corrected chi connectivity index (χ3v) is 3.93. The Bertz CT molecular complexity index is 172. The van der Waals surface area contributed by atoms with Gasteiger partial charge in [-0.1, -0.05) is 12.8 Å². The minimum Gasteiger partial charge on any atom is -0.314 e. The molecule has 1 N–H and O–H groups in total. The summed E-state index contributed by atoms with van der Waals surface area (Å²) in [4.78, 5) is 5.16. The zero-order chi connectivity index (χ0) is 10.5. The van der Waals surface area contributed by atoms with Crippen molar-refractivity contribution in [2.45, 2.75) is 31.7 Å². The molecule has 0 amide bonds. The molecular formula is C12H25N3. The van der Waals surface area contributed by atoms with E-state index in [1.165, 1.54) is 65.0 Å². The summed E-state index contributed by atoms with van der Waals surface area (Å²) in [6, 6.07) is 0.882. The van der Waals surface area contributed by atoms with E-state index in [1.807, 2.05) is 0 Å². The molecule has 0 aromatic carbocycles. The second kappa shape index (κ2) is 5.83. The van der Waals surface area contributed by atoms with Crippen LogP contribution in [0.25, 0.3) is 0 Å². The van der Waals surface area contributed by atoms with Crippen LogP contribution in [0.2, 0.25) is 0 Å². The first kappa shape index (κ1) is 11.4. The predicted molar refractivity (Wildman–Crippen MR) is 64.2 cm³/mol. The van der Waals surface area contributed by atoms with Gasteiger partial charge in [-0.25, -0.2) is 0 Å². The summed E-state index contributed by atoms with van der Waals surface area (Å²) in [6.07, 6.45) is 5.75. The zero-order valence-electron chi connectivity index (χ0n) is 10.0. The molecule has 2 fully saturated rings. The van der Waals surface area contributed by atoms with Crippen molar-refractivity contribution in [3.63, 3.8) is 0 Å². The normalized spacial score (nSPS) is 25.2. The fourth-order valence-electron chi connectivity index (χ4n) is 2.76. The number of nitrogens with one attached hydrogen (secondary N) is 1. The molecule has 0 unspecified atom stereocenters. The average molecular weight is 211 g/mol. The average Bonchev–Trinajstić information content (AvgIpc) is 2.81. The minimum absolute atomic E-state index is 0.882. The van der Waals surface area contributed by atoms with Crippen LogP contribution >= 0.6 is 0 Å². The Hall–Kier alpha value is -0.120. The van der Waals surface area contributed by atoms with Crippen molar-refractivity contribution in [2.24, 2.45) is 0 Å². The van der Waals surface area contributed by atoms with Gasteiger partial charge in [0.15, 0.2) is 0 Å². The molecular weight excluding hydrogens is 186 g/mol. The van der Waals surface area contributed by atoms with Gasteiger partial charge in [0.25, 0.3) is 0 Å². The predicted octanol–water partition coefficient (Wildman–Crippen LogP) is 0.766. The first-order valence-corrected chi connectivity index (χ1v) is 6.49. The lowest BCUT2D eigenvalue weighted by Crippen LogP contribution is -2.46. The van der Waals surface area contributed by atoms with Crippen molar-refractivity contribution < 1.29 is 0 Å². The summed E-state index contributed by atoms with van der Waals surface area (Å²) in [5.74, 6) is 0. The lowest BCUT2D eigenvalue weighted by molar-refractivity contribution is 0.178. The SMILES string of the molecule is CN(CCN1CCNCC1)C1CCCC1. The summed E-state index contributed by atoms with van der Waals surface area (Å²) in [7, 11) is 2.30. The fraction of sp³-hybridized carbons (Fsp3) is 1.00. The molecule has 3 heteroatoms. The van der Waals surface area contributed by atoms with Gasteiger partial charge in [-0.2, -0.15) is 0 Å². The molecule has 0 aromatic heterocycles. The molecule has 1 aliphatic heterocycles. The number of rotatable bonds is 4. The smallest absolute Gasteiger partial charge is 0.0110 e. The third-order valence-electron chi connectivity index (χ3n) is 3.93. The van der Waals surface area contributed by atoms with Gasteiger partial charge in [-0.05, 0) is 19.9 Å². The van der Waals surface area contributed by atoms with Crippen LogP contribution in [0.1, 0.15) is 25.7 Å². The largest absolute Gasteiger partial charge is 0.314 e. The van der Waals surface area contributed by atoms with E-state index < -0.39 is 0 Å². The standard InChI is InChI=1S/C12H25N3/c1-14(12-4-2-3-5-12)10-11-15-8-6-13-7-9-15/h12-13H,2-11H2,1H3. The molecule has 0 atom stereocenters. The lowest BCUT2D eigenvalue weighted by atomic mass is 10.2. The van der Waals surface area contributed by atoms with E-state index >= 15 is 0 Å². The molecule has 1 saturated heterocycles. The first-order chi connectivity index (χ1) is 7.36. The second-order valence-corrected chi connectivity index (χ2v) is 5.01. The highest BCUT2D eigenvalue weighted by molar-refractivity contribution is 4.76. The summed E-state index contributed by atoms with van der Waals surface area (Å²) >= 11 is 0. The van der Waals surface area contributed by atoms with Crippen LogP contribution in [0.4, 0.5) is 0 Å². The Morgan fingerprint density at radius 3 is 2.53 bits per heavy atom. The molecule has 88 valence electrons. The van der Waals surface area contributed by atoms with E-state index in [4.69, 9.17) is 0 Å². The second-order valence-electron chi connectivity index (χ2n) is 5.01. The maximum atomic E-state index is 3.40. The molecule has 0 bridgehead atoms. The molecule has 1 heterocycles. The zero-order valence-corrected chi connectivity index (χ0v) is 10.0. The molecule has 3 nitrogen and oxygen atoms in total. The van der Waals surface area contributed by atoms with Gasteiger partial charge in [0.1, 0.15) is 0 Å². The Morgan fingerprint density at radius 2 is 1.87 bits per heavy atom. The summed E-state index contributed by atoms with van der Waals surface area (Å²) in [6.45, 7) is 7.33. The van der Waals surface area contributed by atoms with Gasteiger partial charge in [0.2, 0.25) is 0 Å². The highest BCUT2D eigenvalue weighted by atomic mass is 15.2. The Kier molecular flexibility index (Phi) is 4.42. The van der Waals surface area contributed by atoms with Crippen LogP contribution < -0.4 is 5.32 Å². The fourth-order valence-corrected chi connectivity index (χ4v) is 2.76. The molecule has 2 aliphatic rings. The van der Waals surface area contributed by atoms with Gasteiger partial charge in [0, 0.05) is 45.3 Å². The number of nitrogens with zero attached hydrogens (tertiary/aromatic N) is 2. The quantitative estimate of drug-likeness (QED) is 0.741. The molecule has 0 aromatic rings. The van der Waals surface area contributed by atoms with Crippen molar-refractivity contribution >= 4 is 0 Å². The van der Waals surface area contributed by atoms with E-state index in [0.29, 0.717) is 0 Å². The maximum Gasteiger partial charge on any atom is 0.0110 e. The van der Waals surface area contributed by atoms with E-state index in [0.717, 1.165) is 6.04 Å². The molecule has 0 spiro atoms. The van der Waals surface area contributed by atoms with Crippen LogP contribution in [0.3, 0.4) is 0 Å². The highest BCUT2D eigenvalue weighted by Gasteiger charge is 2.19. The topological polar surface area (TPSA) is 18.5 Å². The highest BCUT2D eigenvalue weighted by Crippen LogP contribution is 2.21. The van der Waals surface area contributed by atoms with Crippen LogP contribution in [0.5, 0.6) is 0 Å². The van der Waals surface area contributed by atoms with Gasteiger partial charge >= 0.3 is 0 Å². The van der Waals surface area contributed by atoms with E-state index in [1.54, 1.807) is 0 Å². The third kappa shape index (κ3) is 3.44. The summed E-state index contributed by atoms with van der Waals surface area (Å²) in [5.41, 5.74) is 0. The number of piperazine rings is 1. The van der Waals surface area contributed by atoms with Crippen molar-refractivity contribution in [3.05, 3.63) is 0 Å². The van der Waals surface area contributed by atoms with Crippen LogP contribution in [-0.2, 0) is 0 Å². The van der Waals surface area contributed by atoms with E-state index in [-0.39, 0.29) is 0 Å². The van der Waals surface area contributed by atoms with E-state index in [2.05, 4.69) is 22.2 Å². The molecule has 15 heavy (non-hydrogen) atoms. The Morgan fingerprint density at radius 1 is 1.20 bits per heavy atom. The first-order valence-electron chi connectivity index (χ1n) is 6.49. The maximum absolute atomic E-state index is 3.40.